The third-order valence-electron chi connectivity index (χ3n) is 3.22. The molecule has 0 aromatic heterocycles. The highest BCUT2D eigenvalue weighted by Crippen LogP contribution is 2.20. The second-order valence-electron chi connectivity index (χ2n) is 4.50. The van der Waals surface area contributed by atoms with Crippen LogP contribution in [0, 0.1) is 11.3 Å². The lowest BCUT2D eigenvalue weighted by Gasteiger charge is -2.22. The fourth-order valence-corrected chi connectivity index (χ4v) is 2.27. The highest BCUT2D eigenvalue weighted by Gasteiger charge is 2.34. The van der Waals surface area contributed by atoms with Crippen LogP contribution in [0.5, 0.6) is 0 Å². The number of hydrogen-bond donors (Lipinski definition) is 1. The van der Waals surface area contributed by atoms with Gasteiger partial charge in [0.15, 0.2) is 0 Å². The van der Waals surface area contributed by atoms with Crippen molar-refractivity contribution in [1.82, 2.24) is 4.90 Å². The van der Waals surface area contributed by atoms with Crippen LogP contribution in [0.4, 0.5) is 10.5 Å². The Morgan fingerprint density at radius 1 is 1.50 bits per heavy atom. The van der Waals surface area contributed by atoms with E-state index in [0.717, 1.165) is 6.42 Å². The number of rotatable bonds is 2. The lowest BCUT2D eigenvalue weighted by atomic mass is 10.2. The van der Waals surface area contributed by atoms with Gasteiger partial charge in [-0.25, -0.2) is 4.79 Å². The van der Waals surface area contributed by atoms with Gasteiger partial charge >= 0.3 is 6.09 Å². The maximum atomic E-state index is 12.2. The SMILES string of the molecule is COC(=O)N1CCCC1C(=O)Nc1cccc(C#N)c1. The van der Waals surface area contributed by atoms with Crippen LogP contribution in [-0.2, 0) is 9.53 Å². The van der Waals surface area contributed by atoms with Crippen LogP contribution < -0.4 is 5.32 Å². The van der Waals surface area contributed by atoms with E-state index in [1.165, 1.54) is 12.0 Å². The van der Waals surface area contributed by atoms with Crippen molar-refractivity contribution in [3.63, 3.8) is 0 Å². The Labute approximate surface area is 116 Å². The van der Waals surface area contributed by atoms with Gasteiger partial charge in [0.2, 0.25) is 5.91 Å². The largest absolute Gasteiger partial charge is 0.453 e. The van der Waals surface area contributed by atoms with Gasteiger partial charge in [0, 0.05) is 12.2 Å². The van der Waals surface area contributed by atoms with Crippen LogP contribution in [0.2, 0.25) is 0 Å². The first-order chi connectivity index (χ1) is 9.65. The van der Waals surface area contributed by atoms with E-state index in [1.807, 2.05) is 6.07 Å². The fraction of sp³-hybridized carbons (Fsp3) is 0.357. The van der Waals surface area contributed by atoms with Crippen molar-refractivity contribution in [2.24, 2.45) is 0 Å². The van der Waals surface area contributed by atoms with E-state index < -0.39 is 12.1 Å². The van der Waals surface area contributed by atoms with Crippen LogP contribution in [0.25, 0.3) is 0 Å². The maximum absolute atomic E-state index is 12.2. The Morgan fingerprint density at radius 3 is 3.00 bits per heavy atom. The average molecular weight is 273 g/mol. The third kappa shape index (κ3) is 2.88. The molecule has 1 aromatic carbocycles. The van der Waals surface area contributed by atoms with Gasteiger partial charge in [-0.15, -0.1) is 0 Å². The smallest absolute Gasteiger partial charge is 0.410 e. The van der Waals surface area contributed by atoms with E-state index in [0.29, 0.717) is 24.2 Å². The standard InChI is InChI=1S/C14H15N3O3/c1-20-14(19)17-7-3-6-12(17)13(18)16-11-5-2-4-10(8-11)9-15/h2,4-5,8,12H,3,6-7H2,1H3,(H,16,18). The number of ether oxygens (including phenoxy) is 1. The number of hydrogen-bond acceptors (Lipinski definition) is 4. The lowest BCUT2D eigenvalue weighted by molar-refractivity contribution is -0.119. The minimum Gasteiger partial charge on any atom is -0.453 e. The van der Waals surface area contributed by atoms with E-state index in [-0.39, 0.29) is 5.91 Å². The summed E-state index contributed by atoms with van der Waals surface area (Å²) in [5.74, 6) is -0.261. The molecule has 1 aliphatic rings. The normalized spacial score (nSPS) is 17.4. The molecule has 2 amide bonds. The summed E-state index contributed by atoms with van der Waals surface area (Å²) < 4.78 is 4.67. The van der Waals surface area contributed by atoms with E-state index >= 15 is 0 Å². The molecule has 1 atom stereocenters. The topological polar surface area (TPSA) is 82.4 Å². The van der Waals surface area contributed by atoms with Crippen LogP contribution >= 0.6 is 0 Å². The van der Waals surface area contributed by atoms with Crippen LogP contribution in [-0.4, -0.2) is 36.6 Å². The third-order valence-corrected chi connectivity index (χ3v) is 3.22. The van der Waals surface area contributed by atoms with Gasteiger partial charge in [-0.1, -0.05) is 6.07 Å². The van der Waals surface area contributed by atoms with Gasteiger partial charge in [-0.05, 0) is 31.0 Å². The summed E-state index contributed by atoms with van der Waals surface area (Å²) in [4.78, 5) is 25.2. The van der Waals surface area contributed by atoms with Gasteiger partial charge in [0.1, 0.15) is 6.04 Å². The van der Waals surface area contributed by atoms with E-state index in [4.69, 9.17) is 5.26 Å². The quantitative estimate of drug-likeness (QED) is 0.889. The molecule has 0 spiro atoms. The molecule has 1 unspecified atom stereocenters. The average Bonchev–Trinajstić information content (AvgIpc) is 2.96. The van der Waals surface area contributed by atoms with Crippen LogP contribution in [0.3, 0.4) is 0 Å². The highest BCUT2D eigenvalue weighted by atomic mass is 16.5. The fourth-order valence-electron chi connectivity index (χ4n) is 2.27. The number of nitrogens with one attached hydrogen (secondary N) is 1. The number of anilines is 1. The van der Waals surface area contributed by atoms with Gasteiger partial charge in [0.05, 0.1) is 18.7 Å². The monoisotopic (exact) mass is 273 g/mol. The maximum Gasteiger partial charge on any atom is 0.410 e. The van der Waals surface area contributed by atoms with Crippen molar-refractivity contribution in [3.05, 3.63) is 29.8 Å². The molecule has 0 bridgehead atoms. The summed E-state index contributed by atoms with van der Waals surface area (Å²) >= 11 is 0. The zero-order chi connectivity index (χ0) is 14.5. The predicted molar refractivity (Wildman–Crippen MR) is 71.9 cm³/mol. The number of benzene rings is 1. The molecule has 1 aromatic rings. The van der Waals surface area contributed by atoms with Crippen molar-refractivity contribution in [3.8, 4) is 6.07 Å². The predicted octanol–water partition coefficient (Wildman–Crippen LogP) is 1.73. The van der Waals surface area contributed by atoms with Gasteiger partial charge in [-0.3, -0.25) is 9.69 Å². The highest BCUT2D eigenvalue weighted by molar-refractivity contribution is 5.96. The number of nitriles is 1. The first-order valence-corrected chi connectivity index (χ1v) is 6.31. The van der Waals surface area contributed by atoms with E-state index in [2.05, 4.69) is 10.1 Å². The van der Waals surface area contributed by atoms with Crippen molar-refractivity contribution in [2.45, 2.75) is 18.9 Å². The van der Waals surface area contributed by atoms with Crippen molar-refractivity contribution in [1.29, 1.82) is 5.26 Å². The second-order valence-corrected chi connectivity index (χ2v) is 4.50. The van der Waals surface area contributed by atoms with E-state index in [9.17, 15) is 9.59 Å². The van der Waals surface area contributed by atoms with Crippen molar-refractivity contribution >= 4 is 17.7 Å². The number of carbonyl (C=O) groups is 2. The molecule has 1 saturated heterocycles. The van der Waals surface area contributed by atoms with Crippen LogP contribution in [0.15, 0.2) is 24.3 Å². The number of carbonyl (C=O) groups excluding carboxylic acids is 2. The molecule has 0 saturated carbocycles. The zero-order valence-electron chi connectivity index (χ0n) is 11.1. The summed E-state index contributed by atoms with van der Waals surface area (Å²) in [7, 11) is 1.30. The van der Waals surface area contributed by atoms with Crippen molar-refractivity contribution in [2.75, 3.05) is 19.0 Å². The summed E-state index contributed by atoms with van der Waals surface area (Å²) in [6.45, 7) is 0.517. The Kier molecular flexibility index (Phi) is 4.20. The lowest BCUT2D eigenvalue weighted by Crippen LogP contribution is -2.43. The molecule has 20 heavy (non-hydrogen) atoms. The molecule has 0 aliphatic carbocycles. The molecule has 6 heteroatoms. The Morgan fingerprint density at radius 2 is 2.30 bits per heavy atom. The van der Waals surface area contributed by atoms with Gasteiger partial charge in [0.25, 0.3) is 0 Å². The summed E-state index contributed by atoms with van der Waals surface area (Å²) in [6, 6.07) is 8.14. The van der Waals surface area contributed by atoms with Gasteiger partial charge < -0.3 is 10.1 Å². The Hall–Kier alpha value is -2.55. The molecule has 1 heterocycles. The molecule has 0 radical (unpaired) electrons. The first-order valence-electron chi connectivity index (χ1n) is 6.31. The number of nitrogens with zero attached hydrogens (tertiary/aromatic N) is 2. The minimum absolute atomic E-state index is 0.261. The van der Waals surface area contributed by atoms with Gasteiger partial charge in [-0.2, -0.15) is 5.26 Å². The number of amides is 2. The summed E-state index contributed by atoms with van der Waals surface area (Å²) in [5.41, 5.74) is 1.02. The van der Waals surface area contributed by atoms with Crippen molar-refractivity contribution < 1.29 is 14.3 Å². The molecule has 1 N–H and O–H groups in total. The summed E-state index contributed by atoms with van der Waals surface area (Å²) in [5, 5.41) is 11.6. The Bertz CT molecular complexity index is 565. The summed E-state index contributed by atoms with van der Waals surface area (Å²) in [6.07, 6.45) is 0.887. The first kappa shape index (κ1) is 13.9. The Balaban J connectivity index is 2.07. The second kappa shape index (κ2) is 6.06. The number of methoxy groups -OCH3 is 1. The molecular weight excluding hydrogens is 258 g/mol. The van der Waals surface area contributed by atoms with E-state index in [1.54, 1.807) is 24.3 Å². The zero-order valence-corrected chi connectivity index (χ0v) is 11.1. The molecular formula is C14H15N3O3. The molecule has 2 rings (SSSR count). The molecule has 6 nitrogen and oxygen atoms in total. The minimum atomic E-state index is -0.520. The molecule has 1 aliphatic heterocycles. The van der Waals surface area contributed by atoms with Crippen LogP contribution in [0.1, 0.15) is 18.4 Å². The number of likely N-dealkylation sites (tertiary alicyclic amines) is 1. The molecule has 1 fully saturated rings. The molecule has 104 valence electrons.